The average molecular weight is 275 g/mol. The number of aliphatic carboxylic acids is 1. The molecule has 110 valence electrons. The predicted octanol–water partition coefficient (Wildman–Crippen LogP) is 3.12. The number of nitrogens with one attached hydrogen (secondary N) is 1. The van der Waals surface area contributed by atoms with Gasteiger partial charge in [-0.1, -0.05) is 45.0 Å². The van der Waals surface area contributed by atoms with E-state index in [0.717, 1.165) is 6.42 Å². The largest absolute Gasteiger partial charge is 0.481 e. The van der Waals surface area contributed by atoms with E-state index >= 15 is 0 Å². The molecular formula is C17H25NO2. The monoisotopic (exact) mass is 275 g/mol. The second kappa shape index (κ2) is 5.96. The van der Waals surface area contributed by atoms with Crippen LogP contribution in [0.1, 0.15) is 51.2 Å². The standard InChI is InChI=1S/C17H25NO2/c1-17(2,3)13-6-4-12(5-7-13)10-15(11-16(19)20)18-14-8-9-14/h4-7,14-15,18H,8-11H2,1-3H3,(H,19,20). The van der Waals surface area contributed by atoms with Gasteiger partial charge in [0.15, 0.2) is 0 Å². The summed E-state index contributed by atoms with van der Waals surface area (Å²) < 4.78 is 0. The molecule has 0 saturated heterocycles. The second-order valence-corrected chi connectivity index (χ2v) is 6.89. The molecule has 2 rings (SSSR count). The van der Waals surface area contributed by atoms with Crippen LogP contribution in [0.2, 0.25) is 0 Å². The highest BCUT2D eigenvalue weighted by atomic mass is 16.4. The Kier molecular flexibility index (Phi) is 4.48. The van der Waals surface area contributed by atoms with Gasteiger partial charge in [0.25, 0.3) is 0 Å². The van der Waals surface area contributed by atoms with E-state index in [1.807, 2.05) is 0 Å². The first-order chi connectivity index (χ1) is 9.34. The molecular weight excluding hydrogens is 250 g/mol. The molecule has 1 saturated carbocycles. The molecule has 1 atom stereocenters. The van der Waals surface area contributed by atoms with E-state index in [1.54, 1.807) is 0 Å². The van der Waals surface area contributed by atoms with Gasteiger partial charge in [-0.3, -0.25) is 4.79 Å². The normalized spacial score (nSPS) is 16.9. The van der Waals surface area contributed by atoms with Crippen molar-refractivity contribution in [1.29, 1.82) is 0 Å². The van der Waals surface area contributed by atoms with E-state index in [4.69, 9.17) is 5.11 Å². The van der Waals surface area contributed by atoms with Gasteiger partial charge >= 0.3 is 5.97 Å². The Hall–Kier alpha value is -1.35. The lowest BCUT2D eigenvalue weighted by molar-refractivity contribution is -0.137. The molecule has 1 aromatic carbocycles. The zero-order valence-corrected chi connectivity index (χ0v) is 12.6. The van der Waals surface area contributed by atoms with Crippen molar-refractivity contribution >= 4 is 5.97 Å². The van der Waals surface area contributed by atoms with E-state index in [0.29, 0.717) is 6.04 Å². The van der Waals surface area contributed by atoms with Crippen molar-refractivity contribution < 1.29 is 9.90 Å². The lowest BCUT2D eigenvalue weighted by Crippen LogP contribution is -2.35. The van der Waals surface area contributed by atoms with Gasteiger partial charge < -0.3 is 10.4 Å². The summed E-state index contributed by atoms with van der Waals surface area (Å²) in [7, 11) is 0. The van der Waals surface area contributed by atoms with Crippen LogP contribution in [0.25, 0.3) is 0 Å². The Morgan fingerprint density at radius 1 is 1.30 bits per heavy atom. The fourth-order valence-corrected chi connectivity index (χ4v) is 2.41. The molecule has 0 aliphatic heterocycles. The molecule has 3 nitrogen and oxygen atoms in total. The van der Waals surface area contributed by atoms with Crippen LogP contribution in [-0.4, -0.2) is 23.2 Å². The van der Waals surface area contributed by atoms with Gasteiger partial charge in [0.1, 0.15) is 0 Å². The Labute approximate surface area is 121 Å². The summed E-state index contributed by atoms with van der Waals surface area (Å²) in [5.74, 6) is -0.727. The van der Waals surface area contributed by atoms with E-state index in [9.17, 15) is 4.79 Å². The first-order valence-corrected chi connectivity index (χ1v) is 7.42. The topological polar surface area (TPSA) is 49.3 Å². The number of carbonyl (C=O) groups is 1. The number of carboxylic acid groups (broad SMARTS) is 1. The summed E-state index contributed by atoms with van der Waals surface area (Å²) in [6.07, 6.45) is 3.34. The summed E-state index contributed by atoms with van der Waals surface area (Å²) in [6, 6.07) is 9.15. The van der Waals surface area contributed by atoms with Gasteiger partial charge in [0.2, 0.25) is 0 Å². The molecule has 1 fully saturated rings. The molecule has 0 spiro atoms. The Morgan fingerprint density at radius 3 is 2.35 bits per heavy atom. The van der Waals surface area contributed by atoms with Crippen molar-refractivity contribution in [3.8, 4) is 0 Å². The fraction of sp³-hybridized carbons (Fsp3) is 0.588. The Bertz CT molecular complexity index is 455. The molecule has 0 heterocycles. The molecule has 1 aliphatic carbocycles. The predicted molar refractivity (Wildman–Crippen MR) is 81.0 cm³/mol. The molecule has 0 aromatic heterocycles. The molecule has 0 radical (unpaired) electrons. The van der Waals surface area contributed by atoms with Crippen molar-refractivity contribution in [2.24, 2.45) is 0 Å². The highest BCUT2D eigenvalue weighted by molar-refractivity contribution is 5.67. The molecule has 1 aliphatic rings. The van der Waals surface area contributed by atoms with Gasteiger partial charge in [-0.15, -0.1) is 0 Å². The molecule has 1 unspecified atom stereocenters. The highest BCUT2D eigenvalue weighted by Gasteiger charge is 2.26. The van der Waals surface area contributed by atoms with E-state index in [1.165, 1.54) is 24.0 Å². The number of carboxylic acids is 1. The van der Waals surface area contributed by atoms with Crippen molar-refractivity contribution in [2.75, 3.05) is 0 Å². The lowest BCUT2D eigenvalue weighted by atomic mass is 9.86. The Balaban J connectivity index is 1.99. The zero-order valence-electron chi connectivity index (χ0n) is 12.6. The molecule has 0 bridgehead atoms. The quantitative estimate of drug-likeness (QED) is 0.838. The second-order valence-electron chi connectivity index (χ2n) is 6.89. The van der Waals surface area contributed by atoms with Gasteiger partial charge in [0, 0.05) is 12.1 Å². The fourth-order valence-electron chi connectivity index (χ4n) is 2.41. The minimum atomic E-state index is -0.727. The summed E-state index contributed by atoms with van der Waals surface area (Å²) >= 11 is 0. The van der Waals surface area contributed by atoms with Gasteiger partial charge in [-0.25, -0.2) is 0 Å². The van der Waals surface area contributed by atoms with Crippen molar-refractivity contribution in [3.63, 3.8) is 0 Å². The van der Waals surface area contributed by atoms with Gasteiger partial charge in [0.05, 0.1) is 6.42 Å². The van der Waals surface area contributed by atoms with Gasteiger partial charge in [-0.05, 0) is 35.8 Å². The van der Waals surface area contributed by atoms with Crippen LogP contribution in [-0.2, 0) is 16.6 Å². The van der Waals surface area contributed by atoms with Crippen LogP contribution in [0.4, 0.5) is 0 Å². The van der Waals surface area contributed by atoms with Crippen LogP contribution in [0.5, 0.6) is 0 Å². The summed E-state index contributed by atoms with van der Waals surface area (Å²) in [4.78, 5) is 10.9. The van der Waals surface area contributed by atoms with Crippen LogP contribution < -0.4 is 5.32 Å². The van der Waals surface area contributed by atoms with E-state index in [2.05, 4.69) is 50.4 Å². The molecule has 20 heavy (non-hydrogen) atoms. The average Bonchev–Trinajstić information content (AvgIpc) is 3.11. The van der Waals surface area contributed by atoms with E-state index < -0.39 is 5.97 Å². The van der Waals surface area contributed by atoms with Crippen molar-refractivity contribution in [1.82, 2.24) is 5.32 Å². The maximum Gasteiger partial charge on any atom is 0.304 e. The highest BCUT2D eigenvalue weighted by Crippen LogP contribution is 2.24. The first-order valence-electron chi connectivity index (χ1n) is 7.42. The third kappa shape index (κ3) is 4.64. The first kappa shape index (κ1) is 15.0. The SMILES string of the molecule is CC(C)(C)c1ccc(CC(CC(=O)O)NC2CC2)cc1. The summed E-state index contributed by atoms with van der Waals surface area (Å²) in [6.45, 7) is 6.59. The molecule has 2 N–H and O–H groups in total. The van der Waals surface area contributed by atoms with Crippen LogP contribution in [0.3, 0.4) is 0 Å². The van der Waals surface area contributed by atoms with E-state index in [-0.39, 0.29) is 17.9 Å². The molecule has 1 aromatic rings. The number of benzene rings is 1. The molecule has 0 amide bonds. The smallest absolute Gasteiger partial charge is 0.304 e. The minimum Gasteiger partial charge on any atom is -0.481 e. The maximum absolute atomic E-state index is 10.9. The molecule has 3 heteroatoms. The summed E-state index contributed by atoms with van der Waals surface area (Å²) in [5, 5.41) is 12.4. The maximum atomic E-state index is 10.9. The number of hydrogen-bond donors (Lipinski definition) is 2. The third-order valence-corrected chi connectivity index (χ3v) is 3.77. The lowest BCUT2D eigenvalue weighted by Gasteiger charge is -2.20. The van der Waals surface area contributed by atoms with Crippen LogP contribution in [0.15, 0.2) is 24.3 Å². The van der Waals surface area contributed by atoms with Crippen LogP contribution >= 0.6 is 0 Å². The van der Waals surface area contributed by atoms with Gasteiger partial charge in [-0.2, -0.15) is 0 Å². The van der Waals surface area contributed by atoms with Crippen LogP contribution in [0, 0.1) is 0 Å². The number of rotatable bonds is 6. The Morgan fingerprint density at radius 2 is 1.90 bits per heavy atom. The van der Waals surface area contributed by atoms with Crippen molar-refractivity contribution in [3.05, 3.63) is 35.4 Å². The minimum absolute atomic E-state index is 0.0421. The zero-order chi connectivity index (χ0) is 14.8. The third-order valence-electron chi connectivity index (χ3n) is 3.77. The number of hydrogen-bond acceptors (Lipinski definition) is 2. The summed E-state index contributed by atoms with van der Waals surface area (Å²) in [5.41, 5.74) is 2.68. The van der Waals surface area contributed by atoms with Crippen molar-refractivity contribution in [2.45, 2.75) is 64.0 Å².